The summed E-state index contributed by atoms with van der Waals surface area (Å²) in [4.78, 5) is 28.3. The van der Waals surface area contributed by atoms with E-state index in [4.69, 9.17) is 10.3 Å². The molecule has 0 aliphatic carbocycles. The van der Waals surface area contributed by atoms with Crippen LogP contribution in [0.3, 0.4) is 0 Å². The summed E-state index contributed by atoms with van der Waals surface area (Å²) in [5.41, 5.74) is 8.47. The molecular formula is C11H17N5O3. The number of methoxy groups -OCH3 is 1. The molecule has 0 bridgehead atoms. The number of ether oxygens (including phenoxy) is 1. The third kappa shape index (κ3) is 2.80. The SMILES string of the molecule is COC(=O)[C@@H]1C[C@H](N=[N+]=[N-])CN1C(=O)[C@@H]1CCCN1. The fourth-order valence-electron chi connectivity index (χ4n) is 2.67. The number of azide groups is 1. The van der Waals surface area contributed by atoms with Crippen LogP contribution in [0.5, 0.6) is 0 Å². The van der Waals surface area contributed by atoms with Crippen molar-refractivity contribution in [2.45, 2.75) is 37.4 Å². The molecule has 0 spiro atoms. The molecule has 0 aromatic carbocycles. The number of likely N-dealkylation sites (tertiary alicyclic amines) is 1. The van der Waals surface area contributed by atoms with Crippen molar-refractivity contribution in [1.82, 2.24) is 10.2 Å². The molecule has 3 atom stereocenters. The lowest BCUT2D eigenvalue weighted by molar-refractivity contribution is -0.151. The number of hydrogen-bond acceptors (Lipinski definition) is 5. The van der Waals surface area contributed by atoms with E-state index in [2.05, 4.69) is 15.3 Å². The molecule has 19 heavy (non-hydrogen) atoms. The van der Waals surface area contributed by atoms with Crippen molar-refractivity contribution in [2.24, 2.45) is 5.11 Å². The van der Waals surface area contributed by atoms with Crippen LogP contribution in [0.1, 0.15) is 19.3 Å². The first-order chi connectivity index (χ1) is 9.17. The van der Waals surface area contributed by atoms with Crippen molar-refractivity contribution in [3.63, 3.8) is 0 Å². The van der Waals surface area contributed by atoms with E-state index in [9.17, 15) is 9.59 Å². The number of carbonyl (C=O) groups excluding carboxylic acids is 2. The van der Waals surface area contributed by atoms with Gasteiger partial charge in [-0.2, -0.15) is 0 Å². The van der Waals surface area contributed by atoms with E-state index < -0.39 is 12.0 Å². The Labute approximate surface area is 110 Å². The van der Waals surface area contributed by atoms with E-state index in [0.717, 1.165) is 19.4 Å². The highest BCUT2D eigenvalue weighted by molar-refractivity contribution is 5.88. The fourth-order valence-corrected chi connectivity index (χ4v) is 2.67. The molecule has 0 radical (unpaired) electrons. The molecular weight excluding hydrogens is 250 g/mol. The van der Waals surface area contributed by atoms with Gasteiger partial charge in [0, 0.05) is 11.5 Å². The maximum absolute atomic E-state index is 12.3. The van der Waals surface area contributed by atoms with Crippen LogP contribution in [-0.2, 0) is 14.3 Å². The molecule has 0 aromatic rings. The highest BCUT2D eigenvalue weighted by Crippen LogP contribution is 2.24. The molecule has 0 saturated carbocycles. The largest absolute Gasteiger partial charge is 0.467 e. The van der Waals surface area contributed by atoms with Gasteiger partial charge in [-0.3, -0.25) is 4.79 Å². The second kappa shape index (κ2) is 5.90. The van der Waals surface area contributed by atoms with Gasteiger partial charge in [-0.25, -0.2) is 4.79 Å². The Morgan fingerprint density at radius 1 is 1.53 bits per heavy atom. The van der Waals surface area contributed by atoms with E-state index >= 15 is 0 Å². The number of rotatable bonds is 3. The van der Waals surface area contributed by atoms with Gasteiger partial charge in [-0.05, 0) is 31.3 Å². The molecule has 1 N–H and O–H groups in total. The highest BCUT2D eigenvalue weighted by Gasteiger charge is 2.42. The Morgan fingerprint density at radius 3 is 2.89 bits per heavy atom. The van der Waals surface area contributed by atoms with E-state index in [1.165, 1.54) is 12.0 Å². The molecule has 104 valence electrons. The molecule has 2 rings (SSSR count). The molecule has 2 aliphatic heterocycles. The quantitative estimate of drug-likeness (QED) is 0.341. The molecule has 2 saturated heterocycles. The summed E-state index contributed by atoms with van der Waals surface area (Å²) in [5.74, 6) is -0.564. The van der Waals surface area contributed by atoms with Crippen LogP contribution < -0.4 is 5.32 Å². The van der Waals surface area contributed by atoms with Gasteiger partial charge in [0.1, 0.15) is 6.04 Å². The van der Waals surface area contributed by atoms with E-state index in [-0.39, 0.29) is 24.5 Å². The Hall–Kier alpha value is -1.79. The minimum Gasteiger partial charge on any atom is -0.467 e. The first-order valence-corrected chi connectivity index (χ1v) is 6.33. The first-order valence-electron chi connectivity index (χ1n) is 6.33. The van der Waals surface area contributed by atoms with Crippen molar-refractivity contribution in [3.05, 3.63) is 10.4 Å². The van der Waals surface area contributed by atoms with Gasteiger partial charge >= 0.3 is 5.97 Å². The first kappa shape index (κ1) is 13.6. The van der Waals surface area contributed by atoms with Crippen LogP contribution in [0, 0.1) is 0 Å². The van der Waals surface area contributed by atoms with Gasteiger partial charge < -0.3 is 15.0 Å². The molecule has 8 heteroatoms. The summed E-state index contributed by atoms with van der Waals surface area (Å²) < 4.78 is 4.72. The predicted molar refractivity (Wildman–Crippen MR) is 66.1 cm³/mol. The summed E-state index contributed by atoms with van der Waals surface area (Å²) in [6, 6.07) is -1.24. The number of carbonyl (C=O) groups is 2. The normalized spacial score (nSPS) is 29.9. The minimum atomic E-state index is -0.643. The zero-order valence-electron chi connectivity index (χ0n) is 10.8. The average Bonchev–Trinajstić information content (AvgIpc) is 3.06. The lowest BCUT2D eigenvalue weighted by Gasteiger charge is -2.25. The van der Waals surface area contributed by atoms with Crippen LogP contribution in [0.4, 0.5) is 0 Å². The number of hydrogen-bond donors (Lipinski definition) is 1. The summed E-state index contributed by atoms with van der Waals surface area (Å²) in [6.07, 6.45) is 2.05. The van der Waals surface area contributed by atoms with Gasteiger partial charge in [-0.1, -0.05) is 5.11 Å². The number of nitrogens with zero attached hydrogens (tertiary/aromatic N) is 4. The topological polar surface area (TPSA) is 107 Å². The molecule has 2 fully saturated rings. The predicted octanol–water partition coefficient (Wildman–Crippen LogP) is 0.191. The van der Waals surface area contributed by atoms with Crippen molar-refractivity contribution >= 4 is 11.9 Å². The standard InChI is InChI=1S/C11H17N5O3/c1-19-11(18)9-5-7(14-15-12)6-16(9)10(17)8-3-2-4-13-8/h7-9,13H,2-6H2,1H3/t7-,8-,9-/m0/s1. The van der Waals surface area contributed by atoms with Gasteiger partial charge in [-0.15, -0.1) is 0 Å². The summed E-state index contributed by atoms with van der Waals surface area (Å²) >= 11 is 0. The summed E-state index contributed by atoms with van der Waals surface area (Å²) in [7, 11) is 1.29. The Kier molecular flexibility index (Phi) is 4.24. The second-order valence-corrected chi connectivity index (χ2v) is 4.77. The van der Waals surface area contributed by atoms with Crippen LogP contribution in [0.15, 0.2) is 5.11 Å². The van der Waals surface area contributed by atoms with Crippen LogP contribution in [-0.4, -0.2) is 55.1 Å². The van der Waals surface area contributed by atoms with Crippen molar-refractivity contribution < 1.29 is 14.3 Å². The van der Waals surface area contributed by atoms with Crippen molar-refractivity contribution in [1.29, 1.82) is 0 Å². The molecule has 8 nitrogen and oxygen atoms in total. The van der Waals surface area contributed by atoms with Crippen molar-refractivity contribution in [2.75, 3.05) is 20.2 Å². The smallest absolute Gasteiger partial charge is 0.328 e. The van der Waals surface area contributed by atoms with E-state index in [1.807, 2.05) is 0 Å². The number of esters is 1. The molecule has 2 aliphatic rings. The summed E-state index contributed by atoms with van der Waals surface area (Å²) in [5, 5.41) is 6.72. The van der Waals surface area contributed by atoms with Crippen LogP contribution >= 0.6 is 0 Å². The number of amides is 1. The molecule has 0 aromatic heterocycles. The van der Waals surface area contributed by atoms with Gasteiger partial charge in [0.15, 0.2) is 0 Å². The van der Waals surface area contributed by atoms with Crippen LogP contribution in [0.2, 0.25) is 0 Å². The van der Waals surface area contributed by atoms with Crippen LogP contribution in [0.25, 0.3) is 10.4 Å². The third-order valence-corrected chi connectivity index (χ3v) is 3.61. The fraction of sp³-hybridized carbons (Fsp3) is 0.818. The van der Waals surface area contributed by atoms with Crippen molar-refractivity contribution in [3.8, 4) is 0 Å². The average molecular weight is 267 g/mol. The van der Waals surface area contributed by atoms with E-state index in [0.29, 0.717) is 6.42 Å². The molecule has 2 heterocycles. The van der Waals surface area contributed by atoms with E-state index in [1.54, 1.807) is 0 Å². The maximum Gasteiger partial charge on any atom is 0.328 e. The summed E-state index contributed by atoms with van der Waals surface area (Å²) in [6.45, 7) is 1.09. The Morgan fingerprint density at radius 2 is 2.32 bits per heavy atom. The van der Waals surface area contributed by atoms with Gasteiger partial charge in [0.2, 0.25) is 5.91 Å². The number of nitrogens with one attached hydrogen (secondary N) is 1. The zero-order chi connectivity index (χ0) is 13.8. The lowest BCUT2D eigenvalue weighted by atomic mass is 10.1. The minimum absolute atomic E-state index is 0.108. The Balaban J connectivity index is 2.12. The monoisotopic (exact) mass is 267 g/mol. The van der Waals surface area contributed by atoms with Gasteiger partial charge in [0.05, 0.1) is 19.2 Å². The van der Waals surface area contributed by atoms with Gasteiger partial charge in [0.25, 0.3) is 0 Å². The Bertz CT molecular complexity index is 415. The maximum atomic E-state index is 12.3. The second-order valence-electron chi connectivity index (χ2n) is 4.77. The third-order valence-electron chi connectivity index (χ3n) is 3.61. The molecule has 1 amide bonds. The zero-order valence-corrected chi connectivity index (χ0v) is 10.8. The highest BCUT2D eigenvalue weighted by atomic mass is 16.5. The lowest BCUT2D eigenvalue weighted by Crippen LogP contribution is -2.48. The molecule has 0 unspecified atom stereocenters.